The minimum atomic E-state index is -0.373. The van der Waals surface area contributed by atoms with Crippen molar-refractivity contribution in [3.8, 4) is 0 Å². The van der Waals surface area contributed by atoms with Crippen molar-refractivity contribution in [1.29, 1.82) is 0 Å². The number of rotatable bonds is 7. The van der Waals surface area contributed by atoms with E-state index in [1.807, 2.05) is 18.2 Å². The van der Waals surface area contributed by atoms with E-state index in [0.717, 1.165) is 37.5 Å². The third-order valence-corrected chi connectivity index (χ3v) is 3.87. The summed E-state index contributed by atoms with van der Waals surface area (Å²) in [5.41, 5.74) is 13.4. The maximum atomic E-state index is 11.1. The smallest absolute Gasteiger partial charge is 0.248 e. The molecule has 2 atom stereocenters. The Morgan fingerprint density at radius 2 is 2.35 bits per heavy atom. The Labute approximate surface area is 120 Å². The third kappa shape index (κ3) is 4.30. The molecule has 1 aromatic carbocycles. The number of benzene rings is 1. The fraction of sp³-hybridized carbons (Fsp3) is 0.533. The van der Waals surface area contributed by atoms with Crippen molar-refractivity contribution in [1.82, 2.24) is 16.2 Å². The average Bonchev–Trinajstić information content (AvgIpc) is 2.84. The Kier molecular flexibility index (Phi) is 5.52. The number of hydrazine groups is 1. The van der Waals surface area contributed by atoms with Gasteiger partial charge in [0.2, 0.25) is 5.91 Å². The lowest BCUT2D eigenvalue weighted by atomic mass is 9.98. The minimum absolute atomic E-state index is 0.373. The molecule has 0 saturated carbocycles. The molecule has 5 heteroatoms. The summed E-state index contributed by atoms with van der Waals surface area (Å²) in [6.07, 6.45) is 2.38. The van der Waals surface area contributed by atoms with Gasteiger partial charge in [0.1, 0.15) is 0 Å². The molecule has 2 unspecified atom stereocenters. The standard InChI is InChI=1S/C15H24N4O/c1-11-14(10-18-19-11)6-3-7-17-9-12-4-2-5-13(8-12)15(16)20/h2,4-5,8,11,14,17-19H,3,6-7,9-10H2,1H3,(H2,16,20). The van der Waals surface area contributed by atoms with Crippen LogP contribution in [0.3, 0.4) is 0 Å². The SMILES string of the molecule is CC1NNCC1CCCNCc1cccc(C(N)=O)c1. The normalized spacial score (nSPS) is 22.1. The van der Waals surface area contributed by atoms with Gasteiger partial charge in [-0.05, 0) is 49.9 Å². The van der Waals surface area contributed by atoms with E-state index in [4.69, 9.17) is 5.73 Å². The highest BCUT2D eigenvalue weighted by Crippen LogP contribution is 2.13. The second kappa shape index (κ2) is 7.38. The predicted octanol–water partition coefficient (Wildman–Crippen LogP) is 0.768. The molecular formula is C15H24N4O. The van der Waals surface area contributed by atoms with E-state index in [0.29, 0.717) is 11.6 Å². The molecule has 1 amide bonds. The molecule has 0 aromatic heterocycles. The molecule has 2 rings (SSSR count). The first-order valence-corrected chi connectivity index (χ1v) is 7.24. The average molecular weight is 276 g/mol. The molecule has 0 radical (unpaired) electrons. The van der Waals surface area contributed by atoms with Crippen molar-refractivity contribution in [3.63, 3.8) is 0 Å². The first-order chi connectivity index (χ1) is 9.66. The number of carbonyl (C=O) groups excluding carboxylic acids is 1. The van der Waals surface area contributed by atoms with Gasteiger partial charge < -0.3 is 11.1 Å². The fourth-order valence-electron chi connectivity index (χ4n) is 2.55. The Morgan fingerprint density at radius 3 is 3.05 bits per heavy atom. The molecule has 5 N–H and O–H groups in total. The van der Waals surface area contributed by atoms with Crippen LogP contribution in [0, 0.1) is 5.92 Å². The van der Waals surface area contributed by atoms with Crippen LogP contribution in [0.1, 0.15) is 35.7 Å². The van der Waals surface area contributed by atoms with Gasteiger partial charge in [-0.3, -0.25) is 15.6 Å². The van der Waals surface area contributed by atoms with E-state index >= 15 is 0 Å². The van der Waals surface area contributed by atoms with Crippen LogP contribution in [0.2, 0.25) is 0 Å². The van der Waals surface area contributed by atoms with Crippen LogP contribution >= 0.6 is 0 Å². The predicted molar refractivity (Wildman–Crippen MR) is 80.0 cm³/mol. The Balaban J connectivity index is 1.65. The summed E-state index contributed by atoms with van der Waals surface area (Å²) in [7, 11) is 0. The Hall–Kier alpha value is -1.43. The maximum Gasteiger partial charge on any atom is 0.248 e. The van der Waals surface area contributed by atoms with Crippen molar-refractivity contribution < 1.29 is 4.79 Å². The highest BCUT2D eigenvalue weighted by atomic mass is 16.1. The molecule has 110 valence electrons. The lowest BCUT2D eigenvalue weighted by Gasteiger charge is -2.13. The highest BCUT2D eigenvalue weighted by molar-refractivity contribution is 5.92. The second-order valence-electron chi connectivity index (χ2n) is 5.46. The van der Waals surface area contributed by atoms with Gasteiger partial charge in [-0.15, -0.1) is 0 Å². The molecule has 1 aliphatic heterocycles. The summed E-state index contributed by atoms with van der Waals surface area (Å²) in [5.74, 6) is 0.345. The topological polar surface area (TPSA) is 79.2 Å². The summed E-state index contributed by atoms with van der Waals surface area (Å²) in [6, 6.07) is 8.03. The number of nitrogens with one attached hydrogen (secondary N) is 3. The van der Waals surface area contributed by atoms with Crippen LogP contribution in [0.25, 0.3) is 0 Å². The van der Waals surface area contributed by atoms with Crippen molar-refractivity contribution in [2.75, 3.05) is 13.1 Å². The van der Waals surface area contributed by atoms with E-state index in [9.17, 15) is 4.79 Å². The van der Waals surface area contributed by atoms with Crippen LogP contribution in [-0.4, -0.2) is 25.0 Å². The lowest BCUT2D eigenvalue weighted by molar-refractivity contribution is 0.1000. The van der Waals surface area contributed by atoms with Gasteiger partial charge in [0.25, 0.3) is 0 Å². The van der Waals surface area contributed by atoms with E-state index in [2.05, 4.69) is 23.1 Å². The zero-order valence-corrected chi connectivity index (χ0v) is 12.0. The van der Waals surface area contributed by atoms with Gasteiger partial charge in [-0.25, -0.2) is 0 Å². The molecule has 20 heavy (non-hydrogen) atoms. The molecule has 1 fully saturated rings. The largest absolute Gasteiger partial charge is 0.366 e. The van der Waals surface area contributed by atoms with E-state index in [1.54, 1.807) is 6.07 Å². The van der Waals surface area contributed by atoms with E-state index in [1.165, 1.54) is 6.42 Å². The highest BCUT2D eigenvalue weighted by Gasteiger charge is 2.21. The van der Waals surface area contributed by atoms with Crippen LogP contribution < -0.4 is 21.9 Å². The number of hydrogen-bond donors (Lipinski definition) is 4. The fourth-order valence-corrected chi connectivity index (χ4v) is 2.55. The molecule has 1 heterocycles. The second-order valence-corrected chi connectivity index (χ2v) is 5.46. The summed E-state index contributed by atoms with van der Waals surface area (Å²) >= 11 is 0. The molecule has 5 nitrogen and oxygen atoms in total. The van der Waals surface area contributed by atoms with Gasteiger partial charge in [0.05, 0.1) is 0 Å². The maximum absolute atomic E-state index is 11.1. The van der Waals surface area contributed by atoms with Crippen molar-refractivity contribution in [2.24, 2.45) is 11.7 Å². The van der Waals surface area contributed by atoms with Crippen molar-refractivity contribution >= 4 is 5.91 Å². The quantitative estimate of drug-likeness (QED) is 0.555. The third-order valence-electron chi connectivity index (χ3n) is 3.87. The molecule has 0 spiro atoms. The number of carbonyl (C=O) groups is 1. The van der Waals surface area contributed by atoms with Crippen LogP contribution in [0.5, 0.6) is 0 Å². The molecule has 1 aromatic rings. The molecule has 0 bridgehead atoms. The lowest BCUT2D eigenvalue weighted by Crippen LogP contribution is -2.28. The molecule has 1 saturated heterocycles. The summed E-state index contributed by atoms with van der Waals surface area (Å²) in [6.45, 7) is 5.04. The number of hydrogen-bond acceptors (Lipinski definition) is 4. The molecule has 1 aliphatic rings. The van der Waals surface area contributed by atoms with Gasteiger partial charge >= 0.3 is 0 Å². The zero-order valence-electron chi connectivity index (χ0n) is 12.0. The van der Waals surface area contributed by atoms with Crippen molar-refractivity contribution in [3.05, 3.63) is 35.4 Å². The summed E-state index contributed by atoms with van der Waals surface area (Å²) < 4.78 is 0. The van der Waals surface area contributed by atoms with Gasteiger partial charge in [0, 0.05) is 24.7 Å². The summed E-state index contributed by atoms with van der Waals surface area (Å²) in [4.78, 5) is 11.1. The van der Waals surface area contributed by atoms with E-state index in [-0.39, 0.29) is 5.91 Å². The van der Waals surface area contributed by atoms with Gasteiger partial charge in [0.15, 0.2) is 0 Å². The molecule has 0 aliphatic carbocycles. The van der Waals surface area contributed by atoms with Crippen LogP contribution in [-0.2, 0) is 6.54 Å². The number of amides is 1. The monoisotopic (exact) mass is 276 g/mol. The van der Waals surface area contributed by atoms with Crippen LogP contribution in [0.15, 0.2) is 24.3 Å². The number of primary amides is 1. The Bertz CT molecular complexity index is 449. The Morgan fingerprint density at radius 1 is 1.50 bits per heavy atom. The first-order valence-electron chi connectivity index (χ1n) is 7.24. The number of nitrogens with two attached hydrogens (primary N) is 1. The first kappa shape index (κ1) is 15.0. The zero-order chi connectivity index (χ0) is 14.4. The van der Waals surface area contributed by atoms with Gasteiger partial charge in [-0.1, -0.05) is 12.1 Å². The minimum Gasteiger partial charge on any atom is -0.366 e. The summed E-state index contributed by atoms with van der Waals surface area (Å²) in [5, 5.41) is 3.41. The van der Waals surface area contributed by atoms with E-state index < -0.39 is 0 Å². The van der Waals surface area contributed by atoms with Gasteiger partial charge in [-0.2, -0.15) is 0 Å². The van der Waals surface area contributed by atoms with Crippen LogP contribution in [0.4, 0.5) is 0 Å². The molecular weight excluding hydrogens is 252 g/mol. The van der Waals surface area contributed by atoms with Crippen molar-refractivity contribution in [2.45, 2.75) is 32.4 Å².